The summed E-state index contributed by atoms with van der Waals surface area (Å²) in [6.45, 7) is 11.4. The van der Waals surface area contributed by atoms with Crippen LogP contribution in [0.4, 0.5) is 0 Å². The van der Waals surface area contributed by atoms with Crippen LogP contribution in [0.25, 0.3) is 0 Å². The molecule has 0 spiro atoms. The molecule has 5 fully saturated rings. The van der Waals surface area contributed by atoms with Gasteiger partial charge in [-0.05, 0) is 165 Å². The summed E-state index contributed by atoms with van der Waals surface area (Å²) in [5, 5.41) is 0. The van der Waals surface area contributed by atoms with E-state index >= 15 is 0 Å². The van der Waals surface area contributed by atoms with E-state index in [-0.39, 0.29) is 22.8 Å². The van der Waals surface area contributed by atoms with Gasteiger partial charge in [-0.25, -0.2) is 0 Å². The van der Waals surface area contributed by atoms with Gasteiger partial charge in [0.2, 0.25) is 0 Å². The molecule has 6 heteroatoms. The van der Waals surface area contributed by atoms with Crippen molar-refractivity contribution in [2.75, 3.05) is 14.2 Å². The molecule has 5 aliphatic carbocycles. The van der Waals surface area contributed by atoms with Gasteiger partial charge in [0.05, 0.1) is 14.2 Å². The molecule has 296 valence electrons. The Bertz CT molecular complexity index is 1980. The fourth-order valence-electron chi connectivity index (χ4n) is 11.9. The molecule has 4 bridgehead atoms. The molecule has 4 aromatic carbocycles. The van der Waals surface area contributed by atoms with Crippen LogP contribution in [-0.4, -0.2) is 26.2 Å². The zero-order valence-corrected chi connectivity index (χ0v) is 34.8. The van der Waals surface area contributed by atoms with E-state index < -0.39 is 0 Å². The molecular formula is C50H60O6. The van der Waals surface area contributed by atoms with Crippen LogP contribution in [-0.2, 0) is 20.4 Å². The minimum atomic E-state index is -0.287. The van der Waals surface area contributed by atoms with Crippen molar-refractivity contribution in [1.29, 1.82) is 0 Å². The molecule has 4 aromatic rings. The van der Waals surface area contributed by atoms with E-state index in [4.69, 9.17) is 18.9 Å². The third kappa shape index (κ3) is 7.37. The van der Waals surface area contributed by atoms with Crippen molar-refractivity contribution in [3.63, 3.8) is 0 Å². The number of hydrogen-bond donors (Lipinski definition) is 0. The number of carbonyl (C=O) groups is 2. The van der Waals surface area contributed by atoms with Gasteiger partial charge in [0, 0.05) is 24.7 Å². The van der Waals surface area contributed by atoms with E-state index in [0.29, 0.717) is 17.6 Å². The van der Waals surface area contributed by atoms with Crippen molar-refractivity contribution in [1.82, 2.24) is 0 Å². The number of methoxy groups -OCH3 is 2. The highest BCUT2D eigenvalue weighted by Crippen LogP contribution is 2.65. The van der Waals surface area contributed by atoms with E-state index in [2.05, 4.69) is 76.2 Å². The van der Waals surface area contributed by atoms with Gasteiger partial charge in [-0.15, -0.1) is 0 Å². The highest BCUT2D eigenvalue weighted by Gasteiger charge is 2.58. The molecule has 56 heavy (non-hydrogen) atoms. The number of esters is 2. The summed E-state index contributed by atoms with van der Waals surface area (Å²) in [4.78, 5) is 22.8. The fourth-order valence-corrected chi connectivity index (χ4v) is 11.9. The highest BCUT2D eigenvalue weighted by atomic mass is 16.5. The van der Waals surface area contributed by atoms with E-state index in [0.717, 1.165) is 53.1 Å². The average Bonchev–Trinajstić information content (AvgIpc) is 3.16. The lowest BCUT2D eigenvalue weighted by molar-refractivity contribution is -0.132. The molecule has 0 unspecified atom stereocenters. The summed E-state index contributed by atoms with van der Waals surface area (Å²) < 4.78 is 21.8. The Kier molecular flexibility index (Phi) is 11.4. The van der Waals surface area contributed by atoms with Crippen LogP contribution in [0, 0.1) is 51.4 Å². The number of rotatable bonds is 8. The minimum absolute atomic E-state index is 0.0273. The molecule has 5 saturated carbocycles. The summed E-state index contributed by atoms with van der Waals surface area (Å²) in [5.74, 6) is 5.81. The van der Waals surface area contributed by atoms with E-state index in [9.17, 15) is 9.59 Å². The molecule has 9 rings (SSSR count). The fraction of sp³-hybridized carbons (Fsp3) is 0.480. The number of carbonyl (C=O) groups excluding carboxylic acids is 2. The number of aryl methyl sites for hydroxylation is 4. The maximum atomic E-state index is 11.7. The lowest BCUT2D eigenvalue weighted by Crippen LogP contribution is -2.56. The third-order valence-electron chi connectivity index (χ3n) is 13.8. The van der Waals surface area contributed by atoms with Crippen LogP contribution in [0.1, 0.15) is 123 Å². The minimum Gasteiger partial charge on any atom is -0.497 e. The lowest BCUT2D eigenvalue weighted by Gasteiger charge is -2.62. The molecule has 0 aromatic heterocycles. The molecule has 0 saturated heterocycles. The first-order valence-corrected chi connectivity index (χ1v) is 20.8. The Morgan fingerprint density at radius 2 is 0.946 bits per heavy atom. The molecular weight excluding hydrogens is 697 g/mol. The van der Waals surface area contributed by atoms with Crippen LogP contribution < -0.4 is 18.9 Å². The maximum Gasteiger partial charge on any atom is 0.308 e. The van der Waals surface area contributed by atoms with Gasteiger partial charge in [-0.3, -0.25) is 9.59 Å². The van der Waals surface area contributed by atoms with Gasteiger partial charge in [0.25, 0.3) is 0 Å². The van der Waals surface area contributed by atoms with E-state index in [1.165, 1.54) is 98.6 Å². The predicted octanol–water partition coefficient (Wildman–Crippen LogP) is 11.5. The number of ether oxygens (including phenoxy) is 4. The Morgan fingerprint density at radius 1 is 0.518 bits per heavy atom. The summed E-state index contributed by atoms with van der Waals surface area (Å²) in [5.41, 5.74) is 10.1. The first kappa shape index (κ1) is 39.6. The van der Waals surface area contributed by atoms with E-state index in [1.807, 2.05) is 24.3 Å². The van der Waals surface area contributed by atoms with Crippen molar-refractivity contribution in [3.8, 4) is 23.0 Å². The second kappa shape index (κ2) is 16.1. The Hall–Kier alpha value is -4.58. The van der Waals surface area contributed by atoms with Gasteiger partial charge in [-0.2, -0.15) is 0 Å². The quantitative estimate of drug-likeness (QED) is 0.132. The zero-order valence-electron chi connectivity index (χ0n) is 34.8. The summed E-state index contributed by atoms with van der Waals surface area (Å²) in [6, 6.07) is 25.9. The topological polar surface area (TPSA) is 71.1 Å². The summed E-state index contributed by atoms with van der Waals surface area (Å²) >= 11 is 0. The van der Waals surface area contributed by atoms with Crippen LogP contribution >= 0.6 is 0 Å². The van der Waals surface area contributed by atoms with Crippen LogP contribution in [0.15, 0.2) is 72.8 Å². The first-order valence-electron chi connectivity index (χ1n) is 20.8. The third-order valence-corrected chi connectivity index (χ3v) is 13.8. The smallest absolute Gasteiger partial charge is 0.308 e. The van der Waals surface area contributed by atoms with Crippen molar-refractivity contribution < 1.29 is 28.5 Å². The highest BCUT2D eigenvalue weighted by molar-refractivity contribution is 5.71. The van der Waals surface area contributed by atoms with Crippen molar-refractivity contribution in [3.05, 3.63) is 117 Å². The van der Waals surface area contributed by atoms with Crippen molar-refractivity contribution >= 4 is 11.9 Å². The van der Waals surface area contributed by atoms with Crippen LogP contribution in [0.2, 0.25) is 0 Å². The van der Waals surface area contributed by atoms with Gasteiger partial charge < -0.3 is 18.9 Å². The van der Waals surface area contributed by atoms with E-state index in [1.54, 1.807) is 14.2 Å². The standard InChI is InChI=1S/C29H36O3.C21H24O3/c1-16-7-23(8-17(2)27(16)31-6)29(25-12-21-11-22(14-25)15-26(29)13-21)24-9-18(3)28(19(4)10-24)32-20(5)30;1-16(22)24-20-12-8-18(9-13-20)21(14-4-3-5-15-21)17-6-10-19(23-2)11-7-17/h7-10,21-22,25-26H,11-15H2,1-6H3;6-13H,3-5,14-15H2,1-2H3. The van der Waals surface area contributed by atoms with Gasteiger partial charge >= 0.3 is 11.9 Å². The Labute approximate surface area is 334 Å². The molecule has 6 nitrogen and oxygen atoms in total. The first-order chi connectivity index (χ1) is 26.9. The predicted molar refractivity (Wildman–Crippen MR) is 222 cm³/mol. The van der Waals surface area contributed by atoms with Gasteiger partial charge in [0.1, 0.15) is 23.0 Å². The average molecular weight is 757 g/mol. The van der Waals surface area contributed by atoms with Crippen LogP contribution in [0.5, 0.6) is 23.0 Å². The monoisotopic (exact) mass is 756 g/mol. The van der Waals surface area contributed by atoms with Crippen molar-refractivity contribution in [2.24, 2.45) is 23.7 Å². The molecule has 0 aliphatic heterocycles. The maximum absolute atomic E-state index is 11.7. The zero-order chi connectivity index (χ0) is 39.8. The SMILES string of the molecule is COc1c(C)cc(C2(c3cc(C)c(OC(C)=O)c(C)c3)C3CC4CC(C3)CC2C4)cc1C.COc1ccc(C2(c3ccc(OC(C)=O)cc3)CCCCC2)cc1. The molecule has 5 aliphatic rings. The summed E-state index contributed by atoms with van der Waals surface area (Å²) in [7, 11) is 3.47. The lowest BCUT2D eigenvalue weighted by atomic mass is 9.42. The molecule has 0 heterocycles. The molecule has 0 N–H and O–H groups in total. The largest absolute Gasteiger partial charge is 0.497 e. The second-order valence-corrected chi connectivity index (χ2v) is 17.3. The molecule has 0 amide bonds. The van der Waals surface area contributed by atoms with Crippen molar-refractivity contribution in [2.45, 2.75) is 117 Å². The Morgan fingerprint density at radius 3 is 1.36 bits per heavy atom. The summed E-state index contributed by atoms with van der Waals surface area (Å²) in [6.07, 6.45) is 12.8. The number of benzene rings is 4. The van der Waals surface area contributed by atoms with Gasteiger partial charge in [0.15, 0.2) is 0 Å². The normalized spacial score (nSPS) is 24.4. The molecule has 0 atom stereocenters. The molecule has 0 radical (unpaired) electrons. The van der Waals surface area contributed by atoms with Gasteiger partial charge in [-0.1, -0.05) is 67.8 Å². The second-order valence-electron chi connectivity index (χ2n) is 17.3. The Balaban J connectivity index is 0.000000179. The van der Waals surface area contributed by atoms with Crippen LogP contribution in [0.3, 0.4) is 0 Å². The number of hydrogen-bond acceptors (Lipinski definition) is 6.